The summed E-state index contributed by atoms with van der Waals surface area (Å²) in [5.74, 6) is -0.129. The summed E-state index contributed by atoms with van der Waals surface area (Å²) in [5.41, 5.74) is 0.770. The smallest absolute Gasteiger partial charge is 0.173 e. The van der Waals surface area contributed by atoms with Crippen molar-refractivity contribution in [3.63, 3.8) is 0 Å². The highest BCUT2D eigenvalue weighted by Gasteiger charge is 2.19. The molecule has 0 heterocycles. The zero-order valence-electron chi connectivity index (χ0n) is 11.7. The van der Waals surface area contributed by atoms with Crippen LogP contribution in [0.25, 0.3) is 0 Å². The Bertz CT molecular complexity index is 418. The monoisotopic (exact) mass is 470 g/mol. The third-order valence-electron chi connectivity index (χ3n) is 3.40. The van der Waals surface area contributed by atoms with Gasteiger partial charge in [-0.1, -0.05) is 45.4 Å². The second-order valence-electron chi connectivity index (χ2n) is 4.99. The van der Waals surface area contributed by atoms with Gasteiger partial charge < -0.3 is 10.2 Å². The summed E-state index contributed by atoms with van der Waals surface area (Å²) in [5, 5.41) is 19.9. The quantitative estimate of drug-likeness (QED) is 0.252. The first-order chi connectivity index (χ1) is 9.50. The Hall–Kier alpha value is 0.260. The number of unbranched alkanes of at least 4 members (excludes halogenated alkanes) is 6. The highest BCUT2D eigenvalue weighted by atomic mass is 79.9. The fraction of sp³-hybridized carbons (Fsp3) is 0.600. The van der Waals surface area contributed by atoms with Crippen LogP contribution in [0.5, 0.6) is 11.5 Å². The maximum absolute atomic E-state index is 10.0. The van der Waals surface area contributed by atoms with Crippen molar-refractivity contribution in [2.75, 3.05) is 0 Å². The zero-order chi connectivity index (χ0) is 15.1. The summed E-state index contributed by atoms with van der Waals surface area (Å²) in [7, 11) is 0. The normalized spacial score (nSPS) is 11.0. The van der Waals surface area contributed by atoms with Gasteiger partial charge in [-0.2, -0.15) is 0 Å². The molecule has 0 saturated heterocycles. The van der Waals surface area contributed by atoms with Crippen LogP contribution in [0, 0.1) is 0 Å². The molecule has 5 heteroatoms. The number of phenolic OH excluding ortho intramolecular Hbond substituents is 2. The van der Waals surface area contributed by atoms with Crippen molar-refractivity contribution in [2.45, 2.75) is 58.3 Å². The van der Waals surface area contributed by atoms with E-state index in [9.17, 15) is 10.2 Å². The molecule has 0 amide bonds. The minimum atomic E-state index is -0.0991. The molecule has 114 valence electrons. The number of aromatic hydroxyl groups is 2. The summed E-state index contributed by atoms with van der Waals surface area (Å²) >= 11 is 10.1. The van der Waals surface area contributed by atoms with E-state index in [0.717, 1.165) is 33.8 Å². The van der Waals surface area contributed by atoms with Crippen LogP contribution in [0.1, 0.15) is 57.4 Å². The molecule has 2 N–H and O–H groups in total. The van der Waals surface area contributed by atoms with Crippen molar-refractivity contribution in [3.05, 3.63) is 19.0 Å². The van der Waals surface area contributed by atoms with E-state index in [4.69, 9.17) is 0 Å². The van der Waals surface area contributed by atoms with Gasteiger partial charge in [0.25, 0.3) is 0 Å². The van der Waals surface area contributed by atoms with Gasteiger partial charge in [0, 0.05) is 10.0 Å². The lowest BCUT2D eigenvalue weighted by atomic mass is 10.0. The van der Waals surface area contributed by atoms with Crippen molar-refractivity contribution >= 4 is 47.8 Å². The first-order valence-electron chi connectivity index (χ1n) is 7.07. The molecule has 0 atom stereocenters. The Balaban J connectivity index is 2.52. The molecular weight excluding hydrogens is 452 g/mol. The van der Waals surface area contributed by atoms with Crippen LogP contribution >= 0.6 is 47.8 Å². The molecule has 20 heavy (non-hydrogen) atoms. The lowest BCUT2D eigenvalue weighted by molar-refractivity contribution is 0.395. The van der Waals surface area contributed by atoms with E-state index in [1.54, 1.807) is 0 Å². The van der Waals surface area contributed by atoms with Gasteiger partial charge in [-0.05, 0) is 60.6 Å². The number of rotatable bonds is 8. The molecule has 0 bridgehead atoms. The summed E-state index contributed by atoms with van der Waals surface area (Å²) in [6.45, 7) is 2.22. The number of hydrogen-bond donors (Lipinski definition) is 2. The molecule has 0 fully saturated rings. The molecule has 1 rings (SSSR count). The Morgan fingerprint density at radius 2 is 1.25 bits per heavy atom. The van der Waals surface area contributed by atoms with Gasteiger partial charge in [0.1, 0.15) is 0 Å². The average molecular weight is 473 g/mol. The summed E-state index contributed by atoms with van der Waals surface area (Å²) in [6.07, 6.45) is 9.37. The number of benzene rings is 1. The number of halogens is 3. The van der Waals surface area contributed by atoms with Crippen molar-refractivity contribution < 1.29 is 10.2 Å². The SMILES string of the molecule is CCCCCCCCCc1c(O)c(O)c(Br)c(Br)c1Br. The largest absolute Gasteiger partial charge is 0.504 e. The summed E-state index contributed by atoms with van der Waals surface area (Å²) in [6, 6.07) is 0. The number of phenols is 2. The van der Waals surface area contributed by atoms with E-state index in [-0.39, 0.29) is 11.5 Å². The first kappa shape index (κ1) is 18.3. The van der Waals surface area contributed by atoms with Crippen molar-refractivity contribution in [1.29, 1.82) is 0 Å². The van der Waals surface area contributed by atoms with E-state index in [1.165, 1.54) is 32.1 Å². The fourth-order valence-electron chi connectivity index (χ4n) is 2.17. The van der Waals surface area contributed by atoms with Gasteiger partial charge in [0.2, 0.25) is 0 Å². The van der Waals surface area contributed by atoms with Crippen LogP contribution in [0.2, 0.25) is 0 Å². The van der Waals surface area contributed by atoms with Crippen LogP contribution in [0.15, 0.2) is 13.4 Å². The second-order valence-corrected chi connectivity index (χ2v) is 7.37. The predicted octanol–water partition coefficient (Wildman–Crippen LogP) is 6.68. The molecule has 0 aromatic heterocycles. The van der Waals surface area contributed by atoms with Gasteiger partial charge in [-0.15, -0.1) is 0 Å². The molecule has 1 aromatic rings. The molecule has 0 radical (unpaired) electrons. The van der Waals surface area contributed by atoms with Crippen molar-refractivity contribution in [2.24, 2.45) is 0 Å². The lowest BCUT2D eigenvalue weighted by Crippen LogP contribution is -1.92. The minimum absolute atomic E-state index is 0.0297. The molecule has 0 unspecified atom stereocenters. The third-order valence-corrected chi connectivity index (χ3v) is 6.90. The highest BCUT2D eigenvalue weighted by molar-refractivity contribution is 9.14. The summed E-state index contributed by atoms with van der Waals surface area (Å²) in [4.78, 5) is 0. The average Bonchev–Trinajstić information content (AvgIpc) is 2.45. The molecule has 0 aliphatic heterocycles. The number of hydrogen-bond acceptors (Lipinski definition) is 2. The Kier molecular flexibility index (Phi) is 8.53. The predicted molar refractivity (Wildman–Crippen MR) is 94.6 cm³/mol. The first-order valence-corrected chi connectivity index (χ1v) is 9.45. The standard InChI is InChI=1S/C15H21Br3O2/c1-2-3-4-5-6-7-8-9-10-11(16)12(17)13(18)15(20)14(10)19/h19-20H,2-9H2,1H3. The lowest BCUT2D eigenvalue weighted by Gasteiger charge is -2.13. The van der Waals surface area contributed by atoms with Crippen molar-refractivity contribution in [3.8, 4) is 11.5 Å². The van der Waals surface area contributed by atoms with Gasteiger partial charge in [0.15, 0.2) is 11.5 Å². The van der Waals surface area contributed by atoms with E-state index >= 15 is 0 Å². The molecule has 1 aromatic carbocycles. The van der Waals surface area contributed by atoms with Crippen LogP contribution in [-0.2, 0) is 6.42 Å². The van der Waals surface area contributed by atoms with Crippen LogP contribution in [0.4, 0.5) is 0 Å². The Morgan fingerprint density at radius 1 is 0.700 bits per heavy atom. The second kappa shape index (κ2) is 9.31. The maximum Gasteiger partial charge on any atom is 0.173 e. The summed E-state index contributed by atoms with van der Waals surface area (Å²) < 4.78 is 2.03. The van der Waals surface area contributed by atoms with E-state index in [0.29, 0.717) is 4.47 Å². The van der Waals surface area contributed by atoms with Crippen LogP contribution in [0.3, 0.4) is 0 Å². The van der Waals surface area contributed by atoms with Crippen molar-refractivity contribution in [1.82, 2.24) is 0 Å². The topological polar surface area (TPSA) is 40.5 Å². The van der Waals surface area contributed by atoms with Crippen LogP contribution in [-0.4, -0.2) is 10.2 Å². The molecule has 0 aliphatic carbocycles. The Morgan fingerprint density at radius 3 is 1.85 bits per heavy atom. The Labute approximate surface area is 146 Å². The van der Waals surface area contributed by atoms with E-state index < -0.39 is 0 Å². The van der Waals surface area contributed by atoms with Gasteiger partial charge >= 0.3 is 0 Å². The minimum Gasteiger partial charge on any atom is -0.504 e. The van der Waals surface area contributed by atoms with E-state index in [1.807, 2.05) is 0 Å². The fourth-order valence-corrected chi connectivity index (χ4v) is 3.83. The zero-order valence-corrected chi connectivity index (χ0v) is 16.4. The van der Waals surface area contributed by atoms with Gasteiger partial charge in [0.05, 0.1) is 8.95 Å². The molecule has 0 saturated carbocycles. The molecule has 2 nitrogen and oxygen atoms in total. The highest BCUT2D eigenvalue weighted by Crippen LogP contribution is 2.47. The van der Waals surface area contributed by atoms with Crippen LogP contribution < -0.4 is 0 Å². The van der Waals surface area contributed by atoms with E-state index in [2.05, 4.69) is 54.7 Å². The third kappa shape index (κ3) is 4.92. The molecule has 0 spiro atoms. The molecular formula is C15H21Br3O2. The van der Waals surface area contributed by atoms with Gasteiger partial charge in [-0.25, -0.2) is 0 Å². The maximum atomic E-state index is 10.0. The van der Waals surface area contributed by atoms with Gasteiger partial charge in [-0.3, -0.25) is 0 Å². The molecule has 0 aliphatic rings.